The van der Waals surface area contributed by atoms with E-state index in [-0.39, 0.29) is 17.8 Å². The van der Waals surface area contributed by atoms with Gasteiger partial charge in [-0.15, -0.1) is 10.2 Å². The number of aromatic nitrogens is 2. The van der Waals surface area contributed by atoms with Gasteiger partial charge < -0.3 is 5.32 Å². The monoisotopic (exact) mass is 307 g/mol. The van der Waals surface area contributed by atoms with Crippen molar-refractivity contribution in [3.63, 3.8) is 0 Å². The second-order valence-corrected chi connectivity index (χ2v) is 4.62. The first-order valence-corrected chi connectivity index (χ1v) is 6.53. The highest BCUT2D eigenvalue weighted by molar-refractivity contribution is 7.13. The Labute approximate surface area is 122 Å². The zero-order chi connectivity index (χ0) is 15.2. The average Bonchev–Trinajstić information content (AvgIpc) is 2.97. The number of benzene rings is 1. The molecule has 0 atom stereocenters. The molecule has 21 heavy (non-hydrogen) atoms. The van der Waals surface area contributed by atoms with E-state index in [9.17, 15) is 19.7 Å². The van der Waals surface area contributed by atoms with Crippen LogP contribution in [0.5, 0.6) is 0 Å². The Morgan fingerprint density at radius 1 is 1.38 bits per heavy atom. The van der Waals surface area contributed by atoms with Gasteiger partial charge >= 0.3 is 0 Å². The van der Waals surface area contributed by atoms with Crippen LogP contribution in [0.2, 0.25) is 0 Å². The SMILES string of the molecule is O=C(CNC(=O)c1cccc([N+](=O)[O-])c1)Nc1nncs1. The number of carbonyl (C=O) groups is 2. The van der Waals surface area contributed by atoms with Gasteiger partial charge in [-0.1, -0.05) is 17.4 Å². The summed E-state index contributed by atoms with van der Waals surface area (Å²) in [7, 11) is 0. The molecular formula is C11H9N5O4S. The molecule has 1 heterocycles. The lowest BCUT2D eigenvalue weighted by Gasteiger charge is -2.04. The molecule has 0 aliphatic heterocycles. The summed E-state index contributed by atoms with van der Waals surface area (Å²) in [4.78, 5) is 33.3. The molecule has 2 amide bonds. The molecule has 0 aliphatic rings. The number of nitro benzene ring substituents is 1. The highest BCUT2D eigenvalue weighted by Crippen LogP contribution is 2.12. The highest BCUT2D eigenvalue weighted by atomic mass is 32.1. The minimum atomic E-state index is -0.598. The van der Waals surface area contributed by atoms with E-state index in [4.69, 9.17) is 0 Å². The van der Waals surface area contributed by atoms with Crippen LogP contribution < -0.4 is 10.6 Å². The molecule has 0 radical (unpaired) electrons. The number of hydrogen-bond donors (Lipinski definition) is 2. The largest absolute Gasteiger partial charge is 0.343 e. The number of nitrogens with one attached hydrogen (secondary N) is 2. The summed E-state index contributed by atoms with van der Waals surface area (Å²) in [6.07, 6.45) is 0. The van der Waals surface area contributed by atoms with Crippen LogP contribution in [0.15, 0.2) is 29.8 Å². The Morgan fingerprint density at radius 3 is 2.86 bits per heavy atom. The highest BCUT2D eigenvalue weighted by Gasteiger charge is 2.12. The molecule has 2 N–H and O–H groups in total. The van der Waals surface area contributed by atoms with Crippen molar-refractivity contribution >= 4 is 34.0 Å². The van der Waals surface area contributed by atoms with Gasteiger partial charge in [-0.25, -0.2) is 0 Å². The van der Waals surface area contributed by atoms with Crippen LogP contribution in [0.3, 0.4) is 0 Å². The zero-order valence-electron chi connectivity index (χ0n) is 10.5. The van der Waals surface area contributed by atoms with Gasteiger partial charge in [-0.05, 0) is 6.07 Å². The summed E-state index contributed by atoms with van der Waals surface area (Å²) < 4.78 is 0. The molecule has 2 aromatic rings. The Kier molecular flexibility index (Phi) is 4.51. The van der Waals surface area contributed by atoms with Crippen LogP contribution in [-0.4, -0.2) is 33.5 Å². The van der Waals surface area contributed by atoms with Crippen molar-refractivity contribution in [2.45, 2.75) is 0 Å². The van der Waals surface area contributed by atoms with Crippen LogP contribution in [0.4, 0.5) is 10.8 Å². The lowest BCUT2D eigenvalue weighted by Crippen LogP contribution is -2.32. The third-order valence-electron chi connectivity index (χ3n) is 2.34. The van der Waals surface area contributed by atoms with Crippen molar-refractivity contribution < 1.29 is 14.5 Å². The van der Waals surface area contributed by atoms with Crippen molar-refractivity contribution in [1.82, 2.24) is 15.5 Å². The number of carbonyl (C=O) groups excluding carboxylic acids is 2. The fourth-order valence-corrected chi connectivity index (χ4v) is 1.88. The number of rotatable bonds is 5. The molecule has 0 spiro atoms. The first-order chi connectivity index (χ1) is 10.1. The molecule has 0 bridgehead atoms. The molecule has 0 unspecified atom stereocenters. The summed E-state index contributed by atoms with van der Waals surface area (Å²) in [6, 6.07) is 5.23. The zero-order valence-corrected chi connectivity index (χ0v) is 11.3. The molecule has 0 saturated heterocycles. The van der Waals surface area contributed by atoms with Gasteiger partial charge in [0, 0.05) is 17.7 Å². The molecule has 1 aromatic heterocycles. The first-order valence-electron chi connectivity index (χ1n) is 5.65. The molecule has 2 rings (SSSR count). The van der Waals surface area contributed by atoms with Crippen LogP contribution >= 0.6 is 11.3 Å². The summed E-state index contributed by atoms with van der Waals surface area (Å²) in [5, 5.41) is 22.9. The Balaban J connectivity index is 1.91. The number of anilines is 1. The minimum absolute atomic E-state index is 0.105. The van der Waals surface area contributed by atoms with Gasteiger partial charge in [-0.2, -0.15) is 0 Å². The minimum Gasteiger partial charge on any atom is -0.343 e. The van der Waals surface area contributed by atoms with Gasteiger partial charge in [-0.3, -0.25) is 25.0 Å². The topological polar surface area (TPSA) is 127 Å². The third kappa shape index (κ3) is 4.04. The molecule has 1 aromatic carbocycles. The van der Waals surface area contributed by atoms with Gasteiger partial charge in [0.15, 0.2) is 0 Å². The van der Waals surface area contributed by atoms with E-state index in [2.05, 4.69) is 20.8 Å². The van der Waals surface area contributed by atoms with E-state index in [0.29, 0.717) is 5.13 Å². The van der Waals surface area contributed by atoms with E-state index >= 15 is 0 Å². The smallest absolute Gasteiger partial charge is 0.270 e. The quantitative estimate of drug-likeness (QED) is 0.621. The summed E-state index contributed by atoms with van der Waals surface area (Å²) in [6.45, 7) is -0.277. The number of non-ortho nitro benzene ring substituents is 1. The lowest BCUT2D eigenvalue weighted by atomic mass is 10.2. The van der Waals surface area contributed by atoms with E-state index < -0.39 is 16.7 Å². The van der Waals surface area contributed by atoms with Crippen molar-refractivity contribution in [3.05, 3.63) is 45.5 Å². The second-order valence-electron chi connectivity index (χ2n) is 3.78. The van der Waals surface area contributed by atoms with Gasteiger partial charge in [0.25, 0.3) is 11.6 Å². The fraction of sp³-hybridized carbons (Fsp3) is 0.0909. The Hall–Kier alpha value is -2.88. The molecule has 0 saturated carbocycles. The maximum Gasteiger partial charge on any atom is 0.270 e. The lowest BCUT2D eigenvalue weighted by molar-refractivity contribution is -0.384. The van der Waals surface area contributed by atoms with Gasteiger partial charge in [0.05, 0.1) is 11.5 Å². The maximum absolute atomic E-state index is 11.8. The molecule has 0 aliphatic carbocycles. The molecular weight excluding hydrogens is 298 g/mol. The summed E-state index contributed by atoms with van der Waals surface area (Å²) in [5.41, 5.74) is 1.37. The Bertz CT molecular complexity index is 673. The van der Waals surface area contributed by atoms with Crippen LogP contribution in [0.25, 0.3) is 0 Å². The predicted molar refractivity (Wildman–Crippen MR) is 74.0 cm³/mol. The van der Waals surface area contributed by atoms with Crippen molar-refractivity contribution in [2.75, 3.05) is 11.9 Å². The Morgan fingerprint density at radius 2 is 2.19 bits per heavy atom. The standard InChI is InChI=1S/C11H9N5O4S/c17-9(14-11-15-13-6-21-11)5-12-10(18)7-2-1-3-8(4-7)16(19)20/h1-4,6H,5H2,(H,12,18)(H,14,15,17). The number of amides is 2. The van der Waals surface area contributed by atoms with E-state index in [1.807, 2.05) is 0 Å². The van der Waals surface area contributed by atoms with Crippen molar-refractivity contribution in [2.24, 2.45) is 0 Å². The van der Waals surface area contributed by atoms with Crippen molar-refractivity contribution in [1.29, 1.82) is 0 Å². The molecule has 10 heteroatoms. The van der Waals surface area contributed by atoms with Gasteiger partial charge in [0.2, 0.25) is 11.0 Å². The van der Waals surface area contributed by atoms with Crippen LogP contribution in [0.1, 0.15) is 10.4 Å². The van der Waals surface area contributed by atoms with Crippen LogP contribution in [-0.2, 0) is 4.79 Å². The van der Waals surface area contributed by atoms with E-state index in [1.54, 1.807) is 0 Å². The van der Waals surface area contributed by atoms with Crippen molar-refractivity contribution in [3.8, 4) is 0 Å². The summed E-state index contributed by atoms with van der Waals surface area (Å²) >= 11 is 1.15. The third-order valence-corrected chi connectivity index (χ3v) is 2.94. The van der Waals surface area contributed by atoms with Gasteiger partial charge in [0.1, 0.15) is 5.51 Å². The normalized spacial score (nSPS) is 9.90. The summed E-state index contributed by atoms with van der Waals surface area (Å²) in [5.74, 6) is -1.04. The molecule has 9 nitrogen and oxygen atoms in total. The molecule has 0 fully saturated rings. The number of hydrogen-bond acceptors (Lipinski definition) is 7. The predicted octanol–water partition coefficient (Wildman–Crippen LogP) is 0.815. The maximum atomic E-state index is 11.8. The fourth-order valence-electron chi connectivity index (χ4n) is 1.41. The van der Waals surface area contributed by atoms with E-state index in [1.165, 1.54) is 23.7 Å². The molecule has 108 valence electrons. The first kappa shape index (κ1) is 14.5. The number of nitrogens with zero attached hydrogens (tertiary/aromatic N) is 3. The number of nitro groups is 1. The average molecular weight is 307 g/mol. The van der Waals surface area contributed by atoms with Crippen LogP contribution in [0, 0.1) is 10.1 Å². The van der Waals surface area contributed by atoms with E-state index in [0.717, 1.165) is 17.4 Å². The second kappa shape index (κ2) is 6.52.